The smallest absolute Gasteiger partial charge is 0.125 e. The van der Waals surface area contributed by atoms with Crippen LogP contribution in [0.2, 0.25) is 0 Å². The molecule has 0 radical (unpaired) electrons. The maximum atomic E-state index is 5.72. The van der Waals surface area contributed by atoms with Crippen molar-refractivity contribution in [2.24, 2.45) is 10.7 Å². The first-order chi connectivity index (χ1) is 5.74. The number of rotatable bonds is 2. The molecule has 0 aliphatic rings. The van der Waals surface area contributed by atoms with Crippen molar-refractivity contribution in [3.8, 4) is 0 Å². The fraction of sp³-hybridized carbons (Fsp3) is 0.300. The van der Waals surface area contributed by atoms with E-state index in [4.69, 9.17) is 5.73 Å². The van der Waals surface area contributed by atoms with Gasteiger partial charge in [0.15, 0.2) is 0 Å². The van der Waals surface area contributed by atoms with Gasteiger partial charge in [-0.25, -0.2) is 0 Å². The van der Waals surface area contributed by atoms with E-state index in [0.717, 1.165) is 12.1 Å². The first-order valence-electron chi connectivity index (χ1n) is 4.11. The van der Waals surface area contributed by atoms with Crippen LogP contribution in [0.3, 0.4) is 0 Å². The van der Waals surface area contributed by atoms with Crippen LogP contribution < -0.4 is 5.73 Å². The fourth-order valence-electron chi connectivity index (χ4n) is 1.07. The minimum Gasteiger partial charge on any atom is -0.384 e. The Labute approximate surface area is 73.1 Å². The standard InChI is InChI=1S/C10H14N2/c1-3-12-10(11)9-6-4-5-8(2)7-9/h4-7H,3H2,1-2H3,(H2,11,12). The molecular weight excluding hydrogens is 148 g/mol. The summed E-state index contributed by atoms with van der Waals surface area (Å²) in [6.45, 7) is 4.76. The van der Waals surface area contributed by atoms with Crippen molar-refractivity contribution in [1.82, 2.24) is 0 Å². The highest BCUT2D eigenvalue weighted by Gasteiger charge is 1.95. The molecule has 12 heavy (non-hydrogen) atoms. The Morgan fingerprint density at radius 2 is 2.25 bits per heavy atom. The zero-order valence-electron chi connectivity index (χ0n) is 7.54. The summed E-state index contributed by atoms with van der Waals surface area (Å²) < 4.78 is 0. The first-order valence-corrected chi connectivity index (χ1v) is 4.11. The van der Waals surface area contributed by atoms with Crippen molar-refractivity contribution in [3.63, 3.8) is 0 Å². The lowest BCUT2D eigenvalue weighted by molar-refractivity contribution is 1.12. The second kappa shape index (κ2) is 3.90. The van der Waals surface area contributed by atoms with E-state index in [2.05, 4.69) is 4.99 Å². The molecule has 0 atom stereocenters. The third kappa shape index (κ3) is 2.09. The largest absolute Gasteiger partial charge is 0.384 e. The monoisotopic (exact) mass is 162 g/mol. The summed E-state index contributed by atoms with van der Waals surface area (Å²) in [7, 11) is 0. The molecule has 2 nitrogen and oxygen atoms in total. The number of nitrogens with zero attached hydrogens (tertiary/aromatic N) is 1. The number of aryl methyl sites for hydroxylation is 1. The van der Waals surface area contributed by atoms with Gasteiger partial charge in [0.1, 0.15) is 5.84 Å². The number of hydrogen-bond donors (Lipinski definition) is 1. The van der Waals surface area contributed by atoms with Gasteiger partial charge < -0.3 is 5.73 Å². The summed E-state index contributed by atoms with van der Waals surface area (Å²) in [4.78, 5) is 4.13. The van der Waals surface area contributed by atoms with E-state index in [1.54, 1.807) is 0 Å². The zero-order chi connectivity index (χ0) is 8.97. The number of nitrogens with two attached hydrogens (primary N) is 1. The van der Waals surface area contributed by atoms with Crippen molar-refractivity contribution in [1.29, 1.82) is 0 Å². The maximum Gasteiger partial charge on any atom is 0.125 e. The van der Waals surface area contributed by atoms with Crippen LogP contribution in [-0.4, -0.2) is 12.4 Å². The van der Waals surface area contributed by atoms with E-state index in [-0.39, 0.29) is 0 Å². The Hall–Kier alpha value is -1.31. The molecule has 64 valence electrons. The molecule has 0 bridgehead atoms. The number of benzene rings is 1. The third-order valence-corrected chi connectivity index (χ3v) is 1.64. The number of hydrogen-bond acceptors (Lipinski definition) is 1. The van der Waals surface area contributed by atoms with E-state index in [0.29, 0.717) is 5.84 Å². The molecule has 0 saturated heterocycles. The van der Waals surface area contributed by atoms with Crippen LogP contribution in [0.25, 0.3) is 0 Å². The van der Waals surface area contributed by atoms with Crippen LogP contribution >= 0.6 is 0 Å². The van der Waals surface area contributed by atoms with Gasteiger partial charge in [-0.05, 0) is 19.9 Å². The number of amidine groups is 1. The Balaban J connectivity index is 2.95. The molecule has 0 aromatic heterocycles. The molecule has 0 aliphatic carbocycles. The van der Waals surface area contributed by atoms with Gasteiger partial charge in [0.25, 0.3) is 0 Å². The molecule has 0 heterocycles. The highest BCUT2D eigenvalue weighted by molar-refractivity contribution is 5.97. The lowest BCUT2D eigenvalue weighted by atomic mass is 10.1. The summed E-state index contributed by atoms with van der Waals surface area (Å²) in [5.41, 5.74) is 7.95. The molecule has 0 spiro atoms. The van der Waals surface area contributed by atoms with E-state index < -0.39 is 0 Å². The molecule has 1 aromatic carbocycles. The molecule has 1 aromatic rings. The van der Waals surface area contributed by atoms with Gasteiger partial charge in [-0.3, -0.25) is 4.99 Å². The summed E-state index contributed by atoms with van der Waals surface area (Å²) in [5, 5.41) is 0. The number of aliphatic imine (C=N–C) groups is 1. The van der Waals surface area contributed by atoms with Crippen molar-refractivity contribution < 1.29 is 0 Å². The third-order valence-electron chi connectivity index (χ3n) is 1.64. The van der Waals surface area contributed by atoms with Gasteiger partial charge >= 0.3 is 0 Å². The summed E-state index contributed by atoms with van der Waals surface area (Å²) >= 11 is 0. The van der Waals surface area contributed by atoms with E-state index in [1.807, 2.05) is 38.1 Å². The Kier molecular flexibility index (Phi) is 2.86. The lowest BCUT2D eigenvalue weighted by Crippen LogP contribution is -2.13. The van der Waals surface area contributed by atoms with Crippen LogP contribution in [0, 0.1) is 6.92 Å². The molecule has 0 saturated carbocycles. The van der Waals surface area contributed by atoms with Crippen molar-refractivity contribution in [2.75, 3.05) is 6.54 Å². The molecule has 2 N–H and O–H groups in total. The first kappa shape index (κ1) is 8.78. The summed E-state index contributed by atoms with van der Waals surface area (Å²) in [6.07, 6.45) is 0. The van der Waals surface area contributed by atoms with Gasteiger partial charge in [-0.1, -0.05) is 23.8 Å². The molecule has 0 amide bonds. The summed E-state index contributed by atoms with van der Waals surface area (Å²) in [6, 6.07) is 8.04. The van der Waals surface area contributed by atoms with Crippen molar-refractivity contribution in [3.05, 3.63) is 35.4 Å². The molecular formula is C10H14N2. The topological polar surface area (TPSA) is 38.4 Å². The van der Waals surface area contributed by atoms with Gasteiger partial charge in [0, 0.05) is 12.1 Å². The molecule has 0 fully saturated rings. The van der Waals surface area contributed by atoms with Crippen LogP contribution in [0.1, 0.15) is 18.1 Å². The van der Waals surface area contributed by atoms with E-state index in [9.17, 15) is 0 Å². The van der Waals surface area contributed by atoms with Crippen molar-refractivity contribution in [2.45, 2.75) is 13.8 Å². The highest BCUT2D eigenvalue weighted by Crippen LogP contribution is 2.02. The zero-order valence-corrected chi connectivity index (χ0v) is 7.54. The van der Waals surface area contributed by atoms with Crippen LogP contribution in [0.4, 0.5) is 0 Å². The second-order valence-corrected chi connectivity index (χ2v) is 2.73. The minimum absolute atomic E-state index is 0.626. The predicted molar refractivity (Wildman–Crippen MR) is 52.4 cm³/mol. The Bertz CT molecular complexity index is 290. The Morgan fingerprint density at radius 1 is 1.50 bits per heavy atom. The molecule has 0 unspecified atom stereocenters. The van der Waals surface area contributed by atoms with Gasteiger partial charge in [-0.15, -0.1) is 0 Å². The second-order valence-electron chi connectivity index (χ2n) is 2.73. The Morgan fingerprint density at radius 3 is 2.83 bits per heavy atom. The summed E-state index contributed by atoms with van der Waals surface area (Å²) in [5.74, 6) is 0.626. The van der Waals surface area contributed by atoms with E-state index in [1.165, 1.54) is 5.56 Å². The van der Waals surface area contributed by atoms with Gasteiger partial charge in [-0.2, -0.15) is 0 Å². The quantitative estimate of drug-likeness (QED) is 0.522. The maximum absolute atomic E-state index is 5.72. The van der Waals surface area contributed by atoms with Gasteiger partial charge in [0.05, 0.1) is 0 Å². The molecule has 0 aliphatic heterocycles. The molecule has 2 heteroatoms. The minimum atomic E-state index is 0.626. The van der Waals surface area contributed by atoms with Crippen LogP contribution in [-0.2, 0) is 0 Å². The van der Waals surface area contributed by atoms with Crippen LogP contribution in [0.15, 0.2) is 29.3 Å². The van der Waals surface area contributed by atoms with Crippen LogP contribution in [0.5, 0.6) is 0 Å². The SMILES string of the molecule is CC/N=C(\N)c1cccc(C)c1. The molecule has 1 rings (SSSR count). The highest BCUT2D eigenvalue weighted by atomic mass is 14.8. The average Bonchev–Trinajstić information content (AvgIpc) is 2.05. The van der Waals surface area contributed by atoms with Gasteiger partial charge in [0.2, 0.25) is 0 Å². The normalized spacial score (nSPS) is 11.7. The lowest BCUT2D eigenvalue weighted by Gasteiger charge is -2.00. The van der Waals surface area contributed by atoms with Crippen molar-refractivity contribution >= 4 is 5.84 Å². The predicted octanol–water partition coefficient (Wildman–Crippen LogP) is 1.72. The fourth-order valence-corrected chi connectivity index (χ4v) is 1.07. The average molecular weight is 162 g/mol. The van der Waals surface area contributed by atoms with E-state index >= 15 is 0 Å².